The van der Waals surface area contributed by atoms with Gasteiger partial charge in [-0.25, -0.2) is 8.42 Å². The Morgan fingerprint density at radius 3 is 2.32 bits per heavy atom. The predicted molar refractivity (Wildman–Crippen MR) is 112 cm³/mol. The minimum atomic E-state index is -3.65. The molecule has 28 heavy (non-hydrogen) atoms. The summed E-state index contributed by atoms with van der Waals surface area (Å²) < 4.78 is 27.5. The molecule has 0 aliphatic carbocycles. The molecule has 1 heterocycles. The number of amides is 1. The van der Waals surface area contributed by atoms with Gasteiger partial charge in [-0.2, -0.15) is 4.31 Å². The molecule has 0 atom stereocenters. The van der Waals surface area contributed by atoms with E-state index < -0.39 is 15.9 Å². The van der Waals surface area contributed by atoms with E-state index in [0.29, 0.717) is 24.7 Å². The number of hydrogen-bond donors (Lipinski definition) is 1. The highest BCUT2D eigenvalue weighted by Gasteiger charge is 2.29. The first-order chi connectivity index (χ1) is 13.2. The number of piperidine rings is 1. The number of anilines is 1. The van der Waals surface area contributed by atoms with Crippen molar-refractivity contribution in [2.45, 2.75) is 38.5 Å². The maximum atomic E-state index is 13.0. The van der Waals surface area contributed by atoms with E-state index in [9.17, 15) is 13.2 Å². The van der Waals surface area contributed by atoms with Crippen LogP contribution in [0.25, 0.3) is 0 Å². The summed E-state index contributed by atoms with van der Waals surface area (Å²) in [5.41, 5.74) is 2.71. The van der Waals surface area contributed by atoms with Crippen LogP contribution in [0.2, 0.25) is 5.02 Å². The molecular weight excluding hydrogens is 396 g/mol. The third kappa shape index (κ3) is 4.24. The van der Waals surface area contributed by atoms with Gasteiger partial charge in [0.05, 0.1) is 15.5 Å². The second-order valence-corrected chi connectivity index (χ2v) is 9.79. The van der Waals surface area contributed by atoms with Gasteiger partial charge < -0.3 is 5.32 Å². The quantitative estimate of drug-likeness (QED) is 0.784. The Bertz CT molecular complexity index is 976. The van der Waals surface area contributed by atoms with E-state index in [-0.39, 0.29) is 15.5 Å². The number of sulfonamides is 1. The van der Waals surface area contributed by atoms with Gasteiger partial charge in [0.25, 0.3) is 5.91 Å². The number of nitrogens with zero attached hydrogens (tertiary/aromatic N) is 1. The SMILES string of the molecule is Cc1cccc(C)c1NC(=O)c1cc(S(=O)(=O)N2CCC(C)CC2)ccc1Cl. The van der Waals surface area contributed by atoms with Crippen molar-refractivity contribution < 1.29 is 13.2 Å². The molecule has 3 rings (SSSR count). The molecule has 0 radical (unpaired) electrons. The van der Waals surface area contributed by atoms with Gasteiger partial charge in [0.2, 0.25) is 10.0 Å². The van der Waals surface area contributed by atoms with Gasteiger partial charge in [-0.3, -0.25) is 4.79 Å². The Kier molecular flexibility index (Phi) is 6.12. The Balaban J connectivity index is 1.90. The second kappa shape index (κ2) is 8.23. The normalized spacial score (nSPS) is 16.1. The van der Waals surface area contributed by atoms with Gasteiger partial charge in [0.15, 0.2) is 0 Å². The van der Waals surface area contributed by atoms with Gasteiger partial charge in [-0.05, 0) is 61.9 Å². The highest BCUT2D eigenvalue weighted by atomic mass is 35.5. The molecule has 5 nitrogen and oxygen atoms in total. The average Bonchev–Trinajstić information content (AvgIpc) is 2.65. The van der Waals surface area contributed by atoms with Crippen LogP contribution < -0.4 is 5.32 Å². The van der Waals surface area contributed by atoms with Crippen molar-refractivity contribution >= 4 is 33.2 Å². The third-order valence-electron chi connectivity index (χ3n) is 5.28. The summed E-state index contributed by atoms with van der Waals surface area (Å²) in [5.74, 6) is 0.0991. The smallest absolute Gasteiger partial charge is 0.257 e. The minimum Gasteiger partial charge on any atom is -0.321 e. The van der Waals surface area contributed by atoms with Crippen molar-refractivity contribution in [3.63, 3.8) is 0 Å². The number of aryl methyl sites for hydroxylation is 2. The standard InChI is InChI=1S/C21H25ClN2O3S/c1-14-9-11-24(12-10-14)28(26,27)17-7-8-19(22)18(13-17)21(25)23-20-15(2)5-4-6-16(20)3/h4-8,13-14H,9-12H2,1-3H3,(H,23,25). The summed E-state index contributed by atoms with van der Waals surface area (Å²) in [6, 6.07) is 10.0. The zero-order valence-electron chi connectivity index (χ0n) is 16.3. The molecule has 150 valence electrons. The molecule has 0 aromatic heterocycles. The topological polar surface area (TPSA) is 66.5 Å². The molecule has 1 amide bonds. The van der Waals surface area contributed by atoms with Crippen molar-refractivity contribution in [2.75, 3.05) is 18.4 Å². The molecule has 1 aliphatic rings. The van der Waals surface area contributed by atoms with Crippen LogP contribution in [-0.2, 0) is 10.0 Å². The van der Waals surface area contributed by atoms with Crippen LogP contribution in [0.1, 0.15) is 41.3 Å². The Morgan fingerprint density at radius 1 is 1.11 bits per heavy atom. The molecular formula is C21H25ClN2O3S. The van der Waals surface area contributed by atoms with Crippen LogP contribution in [0, 0.1) is 19.8 Å². The van der Waals surface area contributed by atoms with Gasteiger partial charge in [-0.15, -0.1) is 0 Å². The fraction of sp³-hybridized carbons (Fsp3) is 0.381. The first-order valence-corrected chi connectivity index (χ1v) is 11.2. The summed E-state index contributed by atoms with van der Waals surface area (Å²) in [6.07, 6.45) is 1.68. The molecule has 2 aromatic carbocycles. The first-order valence-electron chi connectivity index (χ1n) is 9.37. The Morgan fingerprint density at radius 2 is 1.71 bits per heavy atom. The molecule has 0 saturated carbocycles. The summed E-state index contributed by atoms with van der Waals surface area (Å²) in [4.78, 5) is 12.9. The monoisotopic (exact) mass is 420 g/mol. The summed E-state index contributed by atoms with van der Waals surface area (Å²) in [5, 5.41) is 3.09. The fourth-order valence-electron chi connectivity index (χ4n) is 3.41. The average molecular weight is 421 g/mol. The van der Waals surface area contributed by atoms with Crippen LogP contribution in [0.15, 0.2) is 41.3 Å². The molecule has 0 bridgehead atoms. The van der Waals surface area contributed by atoms with E-state index in [4.69, 9.17) is 11.6 Å². The number of carbonyl (C=O) groups excluding carboxylic acids is 1. The molecule has 0 spiro atoms. The summed E-state index contributed by atoms with van der Waals surface area (Å²) >= 11 is 6.22. The first kappa shape index (κ1) is 20.8. The molecule has 0 unspecified atom stereocenters. The van der Waals surface area contributed by atoms with E-state index in [0.717, 1.165) is 24.0 Å². The maximum Gasteiger partial charge on any atom is 0.257 e. The predicted octanol–water partition coefficient (Wildman–Crippen LogP) is 4.63. The van der Waals surface area contributed by atoms with Crippen molar-refractivity contribution in [3.8, 4) is 0 Å². The summed E-state index contributed by atoms with van der Waals surface area (Å²) in [6.45, 7) is 6.93. The van der Waals surface area contributed by atoms with E-state index >= 15 is 0 Å². The third-order valence-corrected chi connectivity index (χ3v) is 7.51. The van der Waals surface area contributed by atoms with E-state index in [1.54, 1.807) is 0 Å². The number of halogens is 1. The lowest BCUT2D eigenvalue weighted by Crippen LogP contribution is -2.37. The molecule has 7 heteroatoms. The molecule has 1 aliphatic heterocycles. The van der Waals surface area contributed by atoms with Crippen LogP contribution in [-0.4, -0.2) is 31.7 Å². The lowest BCUT2D eigenvalue weighted by Gasteiger charge is -2.29. The van der Waals surface area contributed by atoms with Crippen molar-refractivity contribution in [2.24, 2.45) is 5.92 Å². The number of carbonyl (C=O) groups is 1. The van der Waals surface area contributed by atoms with Crippen molar-refractivity contribution in [1.29, 1.82) is 0 Å². The van der Waals surface area contributed by atoms with Gasteiger partial charge in [0, 0.05) is 18.8 Å². The molecule has 1 saturated heterocycles. The van der Waals surface area contributed by atoms with E-state index in [2.05, 4.69) is 12.2 Å². The zero-order valence-corrected chi connectivity index (χ0v) is 17.9. The maximum absolute atomic E-state index is 13.0. The molecule has 2 aromatic rings. The van der Waals surface area contributed by atoms with Gasteiger partial charge >= 0.3 is 0 Å². The lowest BCUT2D eigenvalue weighted by molar-refractivity contribution is 0.102. The number of benzene rings is 2. The van der Waals surface area contributed by atoms with Crippen LogP contribution in [0.4, 0.5) is 5.69 Å². The highest BCUT2D eigenvalue weighted by Crippen LogP contribution is 2.28. The Labute approximate surface area is 171 Å². The number of rotatable bonds is 4. The Hall–Kier alpha value is -1.89. The highest BCUT2D eigenvalue weighted by molar-refractivity contribution is 7.89. The van der Waals surface area contributed by atoms with Crippen LogP contribution >= 0.6 is 11.6 Å². The minimum absolute atomic E-state index is 0.0955. The summed E-state index contributed by atoms with van der Waals surface area (Å²) in [7, 11) is -3.65. The van der Waals surface area contributed by atoms with E-state index in [1.165, 1.54) is 22.5 Å². The number of nitrogens with one attached hydrogen (secondary N) is 1. The molecule has 1 fully saturated rings. The second-order valence-electron chi connectivity index (χ2n) is 7.45. The van der Waals surface area contributed by atoms with Crippen LogP contribution in [0.5, 0.6) is 0 Å². The number of para-hydroxylation sites is 1. The molecule has 1 N–H and O–H groups in total. The van der Waals surface area contributed by atoms with Gasteiger partial charge in [-0.1, -0.05) is 36.7 Å². The number of hydrogen-bond acceptors (Lipinski definition) is 3. The van der Waals surface area contributed by atoms with Gasteiger partial charge in [0.1, 0.15) is 0 Å². The van der Waals surface area contributed by atoms with Crippen molar-refractivity contribution in [3.05, 3.63) is 58.1 Å². The lowest BCUT2D eigenvalue weighted by atomic mass is 10.0. The largest absolute Gasteiger partial charge is 0.321 e. The van der Waals surface area contributed by atoms with E-state index in [1.807, 2.05) is 32.0 Å². The van der Waals surface area contributed by atoms with Crippen LogP contribution in [0.3, 0.4) is 0 Å². The fourth-order valence-corrected chi connectivity index (χ4v) is 5.11. The zero-order chi connectivity index (χ0) is 20.5. The van der Waals surface area contributed by atoms with Crippen molar-refractivity contribution in [1.82, 2.24) is 4.31 Å².